The van der Waals surface area contributed by atoms with Gasteiger partial charge < -0.3 is 19.0 Å². The second-order valence-corrected chi connectivity index (χ2v) is 6.48. The first-order chi connectivity index (χ1) is 12.2. The van der Waals surface area contributed by atoms with Crippen molar-refractivity contribution in [2.24, 2.45) is 0 Å². The fourth-order valence-electron chi connectivity index (χ4n) is 3.40. The lowest BCUT2D eigenvalue weighted by Crippen LogP contribution is -2.42. The van der Waals surface area contributed by atoms with Crippen LogP contribution in [0, 0.1) is 6.92 Å². The molecule has 0 saturated carbocycles. The van der Waals surface area contributed by atoms with Crippen LogP contribution in [0.2, 0.25) is 0 Å². The van der Waals surface area contributed by atoms with Crippen molar-refractivity contribution in [1.29, 1.82) is 0 Å². The summed E-state index contributed by atoms with van der Waals surface area (Å²) in [7, 11) is 0. The molecule has 7 nitrogen and oxygen atoms in total. The third kappa shape index (κ3) is 3.24. The lowest BCUT2D eigenvalue weighted by molar-refractivity contribution is -0.0248. The number of morpholine rings is 1. The Hall–Kier alpha value is -2.41. The Kier molecular flexibility index (Phi) is 4.40. The Morgan fingerprint density at radius 3 is 2.84 bits per heavy atom. The first kappa shape index (κ1) is 16.1. The maximum Gasteiger partial charge on any atom is 0.257 e. The number of rotatable bonds is 3. The molecule has 2 aromatic rings. The number of ether oxygens (including phenoxy) is 1. The number of hydrogen-bond donors (Lipinski definition) is 0. The van der Waals surface area contributed by atoms with E-state index in [0.717, 1.165) is 24.7 Å². The van der Waals surface area contributed by atoms with E-state index in [0.29, 0.717) is 31.0 Å². The van der Waals surface area contributed by atoms with Gasteiger partial charge in [-0.25, -0.2) is 9.97 Å². The summed E-state index contributed by atoms with van der Waals surface area (Å²) in [6.45, 7) is 5.36. The summed E-state index contributed by atoms with van der Waals surface area (Å²) < 4.78 is 11.1. The van der Waals surface area contributed by atoms with Crippen molar-refractivity contribution in [1.82, 2.24) is 14.9 Å². The second kappa shape index (κ2) is 6.84. The van der Waals surface area contributed by atoms with Crippen molar-refractivity contribution in [2.45, 2.75) is 25.9 Å². The molecule has 2 fully saturated rings. The molecule has 2 saturated heterocycles. The SMILES string of the molecule is Cc1occc1C(=O)N1CCOC(c2ccnc(N3CCCC3)n2)C1. The molecule has 0 N–H and O–H groups in total. The molecule has 2 aliphatic rings. The van der Waals surface area contributed by atoms with Crippen molar-refractivity contribution >= 4 is 11.9 Å². The zero-order valence-electron chi connectivity index (χ0n) is 14.4. The Bertz CT molecular complexity index is 754. The average molecular weight is 342 g/mol. The van der Waals surface area contributed by atoms with Crippen molar-refractivity contribution in [3.05, 3.63) is 41.6 Å². The number of amides is 1. The third-order valence-corrected chi connectivity index (χ3v) is 4.83. The van der Waals surface area contributed by atoms with Crippen molar-refractivity contribution in [2.75, 3.05) is 37.7 Å². The van der Waals surface area contributed by atoms with Gasteiger partial charge in [0.1, 0.15) is 11.9 Å². The molecule has 7 heteroatoms. The molecule has 0 aromatic carbocycles. The molecule has 0 radical (unpaired) electrons. The van der Waals surface area contributed by atoms with E-state index in [4.69, 9.17) is 9.15 Å². The minimum absolute atomic E-state index is 0.0200. The van der Waals surface area contributed by atoms with Crippen molar-refractivity contribution in [3.8, 4) is 0 Å². The molecule has 1 atom stereocenters. The summed E-state index contributed by atoms with van der Waals surface area (Å²) in [6, 6.07) is 3.60. The van der Waals surface area contributed by atoms with Gasteiger partial charge in [0.2, 0.25) is 5.95 Å². The van der Waals surface area contributed by atoms with Crippen molar-refractivity contribution in [3.63, 3.8) is 0 Å². The van der Waals surface area contributed by atoms with Gasteiger partial charge >= 0.3 is 0 Å². The van der Waals surface area contributed by atoms with E-state index in [9.17, 15) is 4.79 Å². The van der Waals surface area contributed by atoms with Gasteiger partial charge in [-0.2, -0.15) is 0 Å². The summed E-state index contributed by atoms with van der Waals surface area (Å²) in [4.78, 5) is 25.8. The van der Waals surface area contributed by atoms with Crippen molar-refractivity contribution < 1.29 is 13.9 Å². The van der Waals surface area contributed by atoms with E-state index in [1.165, 1.54) is 12.8 Å². The number of furan rings is 1. The maximum atomic E-state index is 12.7. The van der Waals surface area contributed by atoms with Gasteiger partial charge in [-0.1, -0.05) is 0 Å². The fourth-order valence-corrected chi connectivity index (χ4v) is 3.40. The molecule has 4 rings (SSSR count). The monoisotopic (exact) mass is 342 g/mol. The highest BCUT2D eigenvalue weighted by Crippen LogP contribution is 2.24. The van der Waals surface area contributed by atoms with Crippen LogP contribution in [0.1, 0.15) is 40.8 Å². The van der Waals surface area contributed by atoms with Crippen LogP contribution in [-0.2, 0) is 4.74 Å². The number of carbonyl (C=O) groups is 1. The molecule has 25 heavy (non-hydrogen) atoms. The number of aryl methyl sites for hydroxylation is 1. The van der Waals surface area contributed by atoms with Crippen LogP contribution in [-0.4, -0.2) is 53.6 Å². The van der Waals surface area contributed by atoms with E-state index in [2.05, 4.69) is 14.9 Å². The molecule has 1 unspecified atom stereocenters. The van der Waals surface area contributed by atoms with Gasteiger partial charge in [0, 0.05) is 25.8 Å². The van der Waals surface area contributed by atoms with Gasteiger partial charge in [0.15, 0.2) is 0 Å². The number of hydrogen-bond acceptors (Lipinski definition) is 6. The fraction of sp³-hybridized carbons (Fsp3) is 0.500. The Morgan fingerprint density at radius 2 is 2.08 bits per heavy atom. The maximum absolute atomic E-state index is 12.7. The second-order valence-electron chi connectivity index (χ2n) is 6.48. The van der Waals surface area contributed by atoms with Crippen LogP contribution in [0.3, 0.4) is 0 Å². The van der Waals surface area contributed by atoms with Crippen LogP contribution >= 0.6 is 0 Å². The summed E-state index contributed by atoms with van der Waals surface area (Å²) in [5.41, 5.74) is 1.44. The summed E-state index contributed by atoms with van der Waals surface area (Å²) in [5, 5.41) is 0. The highest BCUT2D eigenvalue weighted by atomic mass is 16.5. The Morgan fingerprint density at radius 1 is 1.24 bits per heavy atom. The first-order valence-corrected chi connectivity index (χ1v) is 8.75. The standard InChI is InChI=1S/C18H22N4O3/c1-13-14(5-10-24-13)17(23)22-9-11-25-16(12-22)15-4-6-19-18(20-15)21-7-2-3-8-21/h4-6,10,16H,2-3,7-9,11-12H2,1H3. The molecule has 0 spiro atoms. The molecule has 2 aromatic heterocycles. The first-order valence-electron chi connectivity index (χ1n) is 8.75. The van der Waals surface area contributed by atoms with E-state index < -0.39 is 0 Å². The van der Waals surface area contributed by atoms with Gasteiger partial charge in [-0.15, -0.1) is 0 Å². The topological polar surface area (TPSA) is 71.7 Å². The molecule has 132 valence electrons. The van der Waals surface area contributed by atoms with Gasteiger partial charge in [-0.3, -0.25) is 4.79 Å². The Balaban J connectivity index is 1.50. The summed E-state index contributed by atoms with van der Waals surface area (Å²) in [5.74, 6) is 1.38. The van der Waals surface area contributed by atoms with Gasteiger partial charge in [0.25, 0.3) is 5.91 Å². The summed E-state index contributed by atoms with van der Waals surface area (Å²) in [6.07, 6.45) is 5.46. The molecule has 0 bridgehead atoms. The van der Waals surface area contributed by atoms with E-state index in [1.54, 1.807) is 25.5 Å². The summed E-state index contributed by atoms with van der Waals surface area (Å²) >= 11 is 0. The molecule has 4 heterocycles. The number of nitrogens with zero attached hydrogens (tertiary/aromatic N) is 4. The zero-order chi connectivity index (χ0) is 17.2. The minimum Gasteiger partial charge on any atom is -0.469 e. The number of aromatic nitrogens is 2. The molecule has 1 amide bonds. The van der Waals surface area contributed by atoms with Crippen LogP contribution in [0.4, 0.5) is 5.95 Å². The lowest BCUT2D eigenvalue weighted by Gasteiger charge is -2.32. The largest absolute Gasteiger partial charge is 0.469 e. The van der Waals surface area contributed by atoms with Crippen LogP contribution in [0.25, 0.3) is 0 Å². The van der Waals surface area contributed by atoms with Crippen LogP contribution in [0.5, 0.6) is 0 Å². The van der Waals surface area contributed by atoms with Gasteiger partial charge in [0.05, 0.1) is 30.7 Å². The zero-order valence-corrected chi connectivity index (χ0v) is 14.4. The van der Waals surface area contributed by atoms with Crippen LogP contribution < -0.4 is 4.90 Å². The van der Waals surface area contributed by atoms with E-state index in [1.807, 2.05) is 11.0 Å². The molecule has 2 aliphatic heterocycles. The van der Waals surface area contributed by atoms with Gasteiger partial charge in [-0.05, 0) is 31.9 Å². The lowest BCUT2D eigenvalue weighted by atomic mass is 10.1. The molecular formula is C18H22N4O3. The number of carbonyl (C=O) groups excluding carboxylic acids is 1. The quantitative estimate of drug-likeness (QED) is 0.851. The van der Waals surface area contributed by atoms with E-state index >= 15 is 0 Å². The number of anilines is 1. The Labute approximate surface area is 146 Å². The van der Waals surface area contributed by atoms with E-state index in [-0.39, 0.29) is 12.0 Å². The predicted octanol–water partition coefficient (Wildman–Crippen LogP) is 2.19. The predicted molar refractivity (Wildman–Crippen MR) is 91.5 cm³/mol. The molecule has 0 aliphatic carbocycles. The molecular weight excluding hydrogens is 320 g/mol. The smallest absolute Gasteiger partial charge is 0.257 e. The third-order valence-electron chi connectivity index (χ3n) is 4.83. The minimum atomic E-state index is -0.228. The average Bonchev–Trinajstić information content (AvgIpc) is 3.33. The highest BCUT2D eigenvalue weighted by molar-refractivity contribution is 5.95. The highest BCUT2D eigenvalue weighted by Gasteiger charge is 2.29. The van der Waals surface area contributed by atoms with Crippen LogP contribution in [0.15, 0.2) is 29.0 Å². The normalized spacial score (nSPS) is 20.9.